The minimum absolute atomic E-state index is 0.197. The van der Waals surface area contributed by atoms with Gasteiger partial charge < -0.3 is 10.1 Å². The number of nitrogens with zero attached hydrogens (tertiary/aromatic N) is 3. The fourth-order valence-electron chi connectivity index (χ4n) is 3.79. The predicted molar refractivity (Wildman–Crippen MR) is 126 cm³/mol. The molecule has 2 heterocycles. The summed E-state index contributed by atoms with van der Waals surface area (Å²) in [5.74, 6) is -0.649. The summed E-state index contributed by atoms with van der Waals surface area (Å²) in [7, 11) is 1.32. The number of methoxy groups -OCH3 is 1. The van der Waals surface area contributed by atoms with Crippen molar-refractivity contribution in [1.82, 2.24) is 14.6 Å². The number of pyridine rings is 1. The molecule has 164 valence electrons. The van der Waals surface area contributed by atoms with Crippen LogP contribution in [0.5, 0.6) is 0 Å². The number of rotatable bonds is 5. The first kappa shape index (κ1) is 21.8. The molecule has 32 heavy (non-hydrogen) atoms. The number of fused-ring (bicyclic) bond motifs is 3. The van der Waals surface area contributed by atoms with Crippen LogP contribution in [-0.2, 0) is 9.53 Å². The van der Waals surface area contributed by atoms with Gasteiger partial charge >= 0.3 is 5.97 Å². The van der Waals surface area contributed by atoms with Gasteiger partial charge in [0.15, 0.2) is 10.8 Å². The Morgan fingerprint density at radius 2 is 1.84 bits per heavy atom. The number of hydrogen-bond acceptors (Lipinski definition) is 6. The van der Waals surface area contributed by atoms with Gasteiger partial charge in [-0.05, 0) is 69.2 Å². The maximum absolute atomic E-state index is 12.8. The lowest BCUT2D eigenvalue weighted by atomic mass is 10.0. The highest BCUT2D eigenvalue weighted by atomic mass is 32.2. The minimum atomic E-state index is -0.453. The van der Waals surface area contributed by atoms with Crippen LogP contribution in [0.1, 0.15) is 34.0 Å². The molecule has 8 heteroatoms. The van der Waals surface area contributed by atoms with E-state index in [1.165, 1.54) is 24.4 Å². The second kappa shape index (κ2) is 8.63. The van der Waals surface area contributed by atoms with E-state index in [0.717, 1.165) is 27.7 Å². The van der Waals surface area contributed by atoms with E-state index in [-0.39, 0.29) is 5.91 Å². The lowest BCUT2D eigenvalue weighted by Crippen LogP contribution is -2.23. The summed E-state index contributed by atoms with van der Waals surface area (Å²) in [6.45, 7) is 8.05. The molecule has 1 unspecified atom stereocenters. The number of carbonyl (C=O) groups is 2. The van der Waals surface area contributed by atoms with Gasteiger partial charge in [0.2, 0.25) is 5.91 Å². The predicted octanol–water partition coefficient (Wildman–Crippen LogP) is 4.71. The van der Waals surface area contributed by atoms with Gasteiger partial charge in [0.25, 0.3) is 0 Å². The van der Waals surface area contributed by atoms with E-state index < -0.39 is 11.2 Å². The number of thioether (sulfide) groups is 1. The van der Waals surface area contributed by atoms with Crippen molar-refractivity contribution in [2.45, 2.75) is 38.1 Å². The van der Waals surface area contributed by atoms with Gasteiger partial charge in [-0.1, -0.05) is 29.5 Å². The molecule has 0 aliphatic carbocycles. The third kappa shape index (κ3) is 4.05. The van der Waals surface area contributed by atoms with Crippen LogP contribution in [0.4, 0.5) is 5.69 Å². The summed E-state index contributed by atoms with van der Waals surface area (Å²) in [6.07, 6.45) is 0. The van der Waals surface area contributed by atoms with Gasteiger partial charge in [-0.2, -0.15) is 0 Å². The van der Waals surface area contributed by atoms with Crippen molar-refractivity contribution in [1.29, 1.82) is 0 Å². The first-order valence-electron chi connectivity index (χ1n) is 10.2. The Hall–Kier alpha value is -3.39. The maximum Gasteiger partial charge on any atom is 0.337 e. The van der Waals surface area contributed by atoms with Gasteiger partial charge in [0.1, 0.15) is 0 Å². The fourth-order valence-corrected chi connectivity index (χ4v) is 4.65. The summed E-state index contributed by atoms with van der Waals surface area (Å²) in [4.78, 5) is 24.6. The molecule has 2 aromatic heterocycles. The normalized spacial score (nSPS) is 12.2. The zero-order valence-corrected chi connectivity index (χ0v) is 19.4. The summed E-state index contributed by atoms with van der Waals surface area (Å²) < 4.78 is 6.76. The van der Waals surface area contributed by atoms with Crippen LogP contribution < -0.4 is 5.32 Å². The molecule has 0 aliphatic rings. The average molecular weight is 449 g/mol. The largest absolute Gasteiger partial charge is 0.465 e. The highest BCUT2D eigenvalue weighted by Crippen LogP contribution is 2.31. The van der Waals surface area contributed by atoms with Crippen molar-refractivity contribution in [2.24, 2.45) is 0 Å². The number of amides is 1. The number of ether oxygens (including phenoxy) is 1. The molecule has 2 aromatic carbocycles. The number of anilines is 1. The minimum Gasteiger partial charge on any atom is -0.465 e. The van der Waals surface area contributed by atoms with Gasteiger partial charge in [0.05, 0.1) is 23.4 Å². The number of hydrogen-bond donors (Lipinski definition) is 1. The Kier molecular flexibility index (Phi) is 5.88. The van der Waals surface area contributed by atoms with E-state index in [1.54, 1.807) is 24.3 Å². The van der Waals surface area contributed by atoms with Crippen LogP contribution >= 0.6 is 11.8 Å². The SMILES string of the molecule is COC(=O)c1cccc(NC(=O)C(C)Sc2nnc3cc(C)c4cc(C)cc(C)c4n23)c1. The Labute approximate surface area is 190 Å². The quantitative estimate of drug-likeness (QED) is 0.351. The summed E-state index contributed by atoms with van der Waals surface area (Å²) >= 11 is 1.34. The first-order valence-corrected chi connectivity index (χ1v) is 11.1. The lowest BCUT2D eigenvalue weighted by Gasteiger charge is -2.14. The van der Waals surface area contributed by atoms with Crippen LogP contribution in [0.3, 0.4) is 0 Å². The maximum atomic E-state index is 12.8. The molecule has 0 saturated heterocycles. The molecule has 0 radical (unpaired) electrons. The van der Waals surface area contributed by atoms with E-state index in [2.05, 4.69) is 48.4 Å². The summed E-state index contributed by atoms with van der Waals surface area (Å²) in [5, 5.41) is 12.9. The van der Waals surface area contributed by atoms with Crippen LogP contribution in [0.25, 0.3) is 16.6 Å². The molecular formula is C24H24N4O3S. The topological polar surface area (TPSA) is 85.6 Å². The van der Waals surface area contributed by atoms with E-state index >= 15 is 0 Å². The molecule has 1 atom stereocenters. The fraction of sp³-hybridized carbons (Fsp3) is 0.250. The standard InChI is InChI=1S/C24H24N4O3S/c1-13-9-15(3)21-19(10-13)14(2)11-20-26-27-24(28(20)21)32-16(4)22(29)25-18-8-6-7-17(12-18)23(30)31-5/h6-12,16H,1-5H3,(H,25,29). The van der Waals surface area contributed by atoms with Crippen LogP contribution in [0.2, 0.25) is 0 Å². The Morgan fingerprint density at radius 1 is 1.06 bits per heavy atom. The Morgan fingerprint density at radius 3 is 2.59 bits per heavy atom. The number of benzene rings is 2. The molecule has 7 nitrogen and oxygen atoms in total. The van der Waals surface area contributed by atoms with Crippen molar-refractivity contribution in [3.05, 3.63) is 64.7 Å². The van der Waals surface area contributed by atoms with E-state index in [0.29, 0.717) is 16.4 Å². The van der Waals surface area contributed by atoms with Crippen LogP contribution in [0.15, 0.2) is 47.6 Å². The second-order valence-corrected chi connectivity index (χ2v) is 9.11. The van der Waals surface area contributed by atoms with Crippen molar-refractivity contribution in [3.8, 4) is 0 Å². The van der Waals surface area contributed by atoms with Crippen molar-refractivity contribution in [2.75, 3.05) is 12.4 Å². The van der Waals surface area contributed by atoms with Crippen molar-refractivity contribution < 1.29 is 14.3 Å². The second-order valence-electron chi connectivity index (χ2n) is 7.80. The molecule has 4 aromatic rings. The molecule has 0 saturated carbocycles. The number of aromatic nitrogens is 3. The molecule has 1 N–H and O–H groups in total. The molecule has 0 spiro atoms. The number of nitrogens with one attached hydrogen (secondary N) is 1. The molecule has 1 amide bonds. The zero-order chi connectivity index (χ0) is 23.0. The Bertz CT molecular complexity index is 1360. The third-order valence-electron chi connectivity index (χ3n) is 5.30. The average Bonchev–Trinajstić information content (AvgIpc) is 3.15. The van der Waals surface area contributed by atoms with Crippen molar-refractivity contribution in [3.63, 3.8) is 0 Å². The van der Waals surface area contributed by atoms with Crippen LogP contribution in [-0.4, -0.2) is 38.8 Å². The summed E-state index contributed by atoms with van der Waals surface area (Å²) in [5.41, 5.74) is 6.18. The molecule has 0 aliphatic heterocycles. The smallest absolute Gasteiger partial charge is 0.337 e. The van der Waals surface area contributed by atoms with Gasteiger partial charge in [-0.15, -0.1) is 10.2 Å². The van der Waals surface area contributed by atoms with Gasteiger partial charge in [-0.3, -0.25) is 9.20 Å². The van der Waals surface area contributed by atoms with E-state index in [9.17, 15) is 9.59 Å². The number of carbonyl (C=O) groups excluding carboxylic acids is 2. The van der Waals surface area contributed by atoms with Crippen LogP contribution in [0, 0.1) is 20.8 Å². The zero-order valence-electron chi connectivity index (χ0n) is 18.6. The van der Waals surface area contributed by atoms with E-state index in [1.807, 2.05) is 17.4 Å². The summed E-state index contributed by atoms with van der Waals surface area (Å²) in [6, 6.07) is 13.0. The van der Waals surface area contributed by atoms with Gasteiger partial charge in [-0.25, -0.2) is 4.79 Å². The highest BCUT2D eigenvalue weighted by Gasteiger charge is 2.20. The monoisotopic (exact) mass is 448 g/mol. The molecular weight excluding hydrogens is 424 g/mol. The first-order chi connectivity index (χ1) is 15.3. The number of aryl methyl sites for hydroxylation is 3. The number of esters is 1. The lowest BCUT2D eigenvalue weighted by molar-refractivity contribution is -0.115. The molecule has 4 rings (SSSR count). The third-order valence-corrected chi connectivity index (χ3v) is 6.34. The van der Waals surface area contributed by atoms with Gasteiger partial charge in [0, 0.05) is 11.1 Å². The highest BCUT2D eigenvalue weighted by molar-refractivity contribution is 8.00. The van der Waals surface area contributed by atoms with Crippen molar-refractivity contribution >= 4 is 45.9 Å². The molecule has 0 bridgehead atoms. The van der Waals surface area contributed by atoms with E-state index in [4.69, 9.17) is 4.74 Å². The Balaban J connectivity index is 1.63. The molecule has 0 fully saturated rings.